The Balaban J connectivity index is 1.90. The molecule has 3 rings (SSSR count). The molecular weight excluding hydrogens is 369 g/mol. The van der Waals surface area contributed by atoms with Crippen LogP contribution in [0.4, 0.5) is 29.0 Å². The second kappa shape index (κ2) is 7.81. The summed E-state index contributed by atoms with van der Waals surface area (Å²) in [6.45, 7) is 2.05. The van der Waals surface area contributed by atoms with E-state index in [1.807, 2.05) is 55.4 Å². The number of rotatable bonds is 5. The number of aryl methyl sites for hydroxylation is 1. The summed E-state index contributed by atoms with van der Waals surface area (Å²) in [7, 11) is 3.86. The van der Waals surface area contributed by atoms with Gasteiger partial charge in [-0.15, -0.1) is 0 Å². The van der Waals surface area contributed by atoms with Gasteiger partial charge in [-0.05, 0) is 37.3 Å². The van der Waals surface area contributed by atoms with Crippen LogP contribution in [-0.4, -0.2) is 24.1 Å². The highest BCUT2D eigenvalue weighted by atomic mass is 35.5. The summed E-state index contributed by atoms with van der Waals surface area (Å²) in [4.78, 5) is 11.0. The van der Waals surface area contributed by atoms with Gasteiger partial charge < -0.3 is 15.5 Å². The van der Waals surface area contributed by atoms with Crippen molar-refractivity contribution in [2.24, 2.45) is 0 Å². The molecule has 0 aliphatic heterocycles. The molecule has 0 spiro atoms. The van der Waals surface area contributed by atoms with Gasteiger partial charge in [0.05, 0.1) is 10.0 Å². The van der Waals surface area contributed by atoms with Crippen LogP contribution in [0.5, 0.6) is 0 Å². The van der Waals surface area contributed by atoms with E-state index in [0.717, 1.165) is 17.2 Å². The van der Waals surface area contributed by atoms with Crippen molar-refractivity contribution in [3.63, 3.8) is 0 Å². The van der Waals surface area contributed by atoms with Crippen molar-refractivity contribution >= 4 is 52.2 Å². The van der Waals surface area contributed by atoms with Crippen LogP contribution in [0.2, 0.25) is 10.0 Å². The monoisotopic (exact) mass is 387 g/mol. The van der Waals surface area contributed by atoms with E-state index in [1.54, 1.807) is 12.1 Å². The Kier molecular flexibility index (Phi) is 5.49. The maximum Gasteiger partial charge on any atom is 0.231 e. The first kappa shape index (κ1) is 18.3. The molecule has 3 aromatic rings. The Hall–Kier alpha value is -2.50. The Bertz CT molecular complexity index is 910. The van der Waals surface area contributed by atoms with Crippen molar-refractivity contribution in [3.8, 4) is 0 Å². The van der Waals surface area contributed by atoms with Crippen LogP contribution in [0.3, 0.4) is 0 Å². The highest BCUT2D eigenvalue weighted by Gasteiger charge is 2.08. The largest absolute Gasteiger partial charge is 0.363 e. The minimum Gasteiger partial charge on any atom is -0.363 e. The van der Waals surface area contributed by atoms with Gasteiger partial charge in [0.25, 0.3) is 0 Å². The summed E-state index contributed by atoms with van der Waals surface area (Å²) in [5.74, 6) is 1.93. The van der Waals surface area contributed by atoms with Crippen LogP contribution in [0.25, 0.3) is 0 Å². The maximum atomic E-state index is 6.08. The van der Waals surface area contributed by atoms with Gasteiger partial charge in [0.15, 0.2) is 0 Å². The molecule has 0 aliphatic rings. The molecule has 134 valence electrons. The topological polar surface area (TPSA) is 53.1 Å². The molecule has 0 unspecified atom stereocenters. The first-order valence-electron chi connectivity index (χ1n) is 8.03. The van der Waals surface area contributed by atoms with Gasteiger partial charge in [0.1, 0.15) is 11.6 Å². The third-order valence-corrected chi connectivity index (χ3v) is 4.41. The summed E-state index contributed by atoms with van der Waals surface area (Å²) in [6.07, 6.45) is 0. The molecule has 2 N–H and O–H groups in total. The Morgan fingerprint density at radius 3 is 2.15 bits per heavy atom. The SMILES string of the molecule is Cc1ccc(Nc2cc(N(C)C)nc(Nc3ccc(Cl)c(Cl)c3)n2)cc1. The third-order valence-electron chi connectivity index (χ3n) is 3.67. The third kappa shape index (κ3) is 4.56. The molecule has 0 atom stereocenters. The van der Waals surface area contributed by atoms with Gasteiger partial charge in [0, 0.05) is 31.5 Å². The summed E-state index contributed by atoms with van der Waals surface area (Å²) in [6, 6.07) is 15.3. The van der Waals surface area contributed by atoms with E-state index >= 15 is 0 Å². The first-order chi connectivity index (χ1) is 12.4. The van der Waals surface area contributed by atoms with Gasteiger partial charge in [-0.2, -0.15) is 9.97 Å². The zero-order valence-corrected chi connectivity index (χ0v) is 16.2. The minimum absolute atomic E-state index is 0.462. The molecule has 0 saturated heterocycles. The second-order valence-electron chi connectivity index (χ2n) is 6.07. The average molecular weight is 388 g/mol. The van der Waals surface area contributed by atoms with E-state index in [0.29, 0.717) is 21.8 Å². The van der Waals surface area contributed by atoms with Crippen LogP contribution in [0, 0.1) is 6.92 Å². The fraction of sp³-hybridized carbons (Fsp3) is 0.158. The van der Waals surface area contributed by atoms with Crippen LogP contribution < -0.4 is 15.5 Å². The molecule has 1 heterocycles. The lowest BCUT2D eigenvalue weighted by molar-refractivity contribution is 1.04. The lowest BCUT2D eigenvalue weighted by Gasteiger charge is -2.16. The van der Waals surface area contributed by atoms with Crippen molar-refractivity contribution < 1.29 is 0 Å². The number of hydrogen-bond acceptors (Lipinski definition) is 5. The van der Waals surface area contributed by atoms with Gasteiger partial charge in [-0.3, -0.25) is 0 Å². The highest BCUT2D eigenvalue weighted by Crippen LogP contribution is 2.27. The van der Waals surface area contributed by atoms with Crippen LogP contribution >= 0.6 is 23.2 Å². The number of halogens is 2. The highest BCUT2D eigenvalue weighted by molar-refractivity contribution is 6.42. The van der Waals surface area contributed by atoms with Crippen molar-refractivity contribution in [1.82, 2.24) is 9.97 Å². The Labute approximate surface area is 163 Å². The fourth-order valence-electron chi connectivity index (χ4n) is 2.27. The molecule has 2 aromatic carbocycles. The van der Waals surface area contributed by atoms with E-state index in [9.17, 15) is 0 Å². The quantitative estimate of drug-likeness (QED) is 0.592. The molecule has 1 aromatic heterocycles. The van der Waals surface area contributed by atoms with E-state index in [2.05, 4.69) is 27.5 Å². The summed E-state index contributed by atoms with van der Waals surface area (Å²) < 4.78 is 0. The zero-order valence-electron chi connectivity index (χ0n) is 14.7. The number of anilines is 5. The first-order valence-corrected chi connectivity index (χ1v) is 8.78. The smallest absolute Gasteiger partial charge is 0.231 e. The predicted octanol–water partition coefficient (Wildman–Crippen LogP) is 5.65. The number of nitrogens with zero attached hydrogens (tertiary/aromatic N) is 3. The summed E-state index contributed by atoms with van der Waals surface area (Å²) in [5, 5.41) is 7.45. The molecular formula is C19H19Cl2N5. The molecule has 26 heavy (non-hydrogen) atoms. The Morgan fingerprint density at radius 1 is 0.808 bits per heavy atom. The standard InChI is InChI=1S/C19H19Cl2N5/c1-12-4-6-13(7-5-12)22-17-11-18(26(2)3)25-19(24-17)23-14-8-9-15(20)16(21)10-14/h4-11H,1-3H3,(H2,22,23,24,25). The molecule has 0 fully saturated rings. The number of benzene rings is 2. The van der Waals surface area contributed by atoms with E-state index in [4.69, 9.17) is 23.2 Å². The average Bonchev–Trinajstić information content (AvgIpc) is 2.60. The van der Waals surface area contributed by atoms with Gasteiger partial charge in [0.2, 0.25) is 5.95 Å². The molecule has 0 radical (unpaired) electrons. The molecule has 7 heteroatoms. The molecule has 0 bridgehead atoms. The normalized spacial score (nSPS) is 10.5. The van der Waals surface area contributed by atoms with Crippen LogP contribution in [0.15, 0.2) is 48.5 Å². The lowest BCUT2D eigenvalue weighted by atomic mass is 10.2. The van der Waals surface area contributed by atoms with Crippen molar-refractivity contribution in [2.75, 3.05) is 29.6 Å². The molecule has 0 aliphatic carbocycles. The van der Waals surface area contributed by atoms with E-state index < -0.39 is 0 Å². The van der Waals surface area contributed by atoms with Crippen LogP contribution in [-0.2, 0) is 0 Å². The van der Waals surface area contributed by atoms with Crippen molar-refractivity contribution in [2.45, 2.75) is 6.92 Å². The lowest BCUT2D eigenvalue weighted by Crippen LogP contribution is -2.13. The predicted molar refractivity (Wildman–Crippen MR) is 111 cm³/mol. The summed E-state index contributed by atoms with van der Waals surface area (Å²) >= 11 is 12.0. The minimum atomic E-state index is 0.462. The van der Waals surface area contributed by atoms with Gasteiger partial charge in [-0.1, -0.05) is 40.9 Å². The Morgan fingerprint density at radius 2 is 1.50 bits per heavy atom. The number of aromatic nitrogens is 2. The van der Waals surface area contributed by atoms with Gasteiger partial charge >= 0.3 is 0 Å². The van der Waals surface area contributed by atoms with Gasteiger partial charge in [-0.25, -0.2) is 0 Å². The second-order valence-corrected chi connectivity index (χ2v) is 6.89. The van der Waals surface area contributed by atoms with E-state index in [1.165, 1.54) is 5.56 Å². The van der Waals surface area contributed by atoms with E-state index in [-0.39, 0.29) is 0 Å². The summed E-state index contributed by atoms with van der Waals surface area (Å²) in [5.41, 5.74) is 2.92. The number of hydrogen-bond donors (Lipinski definition) is 2. The molecule has 0 saturated carbocycles. The molecule has 0 amide bonds. The van der Waals surface area contributed by atoms with Crippen molar-refractivity contribution in [3.05, 3.63) is 64.1 Å². The zero-order chi connectivity index (χ0) is 18.7. The fourth-order valence-corrected chi connectivity index (χ4v) is 2.57. The maximum absolute atomic E-state index is 6.08. The number of nitrogens with one attached hydrogen (secondary N) is 2. The van der Waals surface area contributed by atoms with Crippen molar-refractivity contribution in [1.29, 1.82) is 0 Å². The van der Waals surface area contributed by atoms with Crippen LogP contribution in [0.1, 0.15) is 5.56 Å². The molecule has 5 nitrogen and oxygen atoms in total.